The van der Waals surface area contributed by atoms with Crippen LogP contribution in [0.5, 0.6) is 11.5 Å². The Balaban J connectivity index is 1.71. The van der Waals surface area contributed by atoms with E-state index < -0.39 is 0 Å². The second-order valence-electron chi connectivity index (χ2n) is 5.63. The monoisotopic (exact) mass is 298 g/mol. The first kappa shape index (κ1) is 14.5. The first-order valence-electron chi connectivity index (χ1n) is 7.28. The van der Waals surface area contributed by atoms with E-state index in [9.17, 15) is 9.90 Å². The Morgan fingerprint density at radius 2 is 2.09 bits per heavy atom. The quantitative estimate of drug-likeness (QED) is 0.859. The highest BCUT2D eigenvalue weighted by molar-refractivity contribution is 5.97. The predicted molar refractivity (Wildman–Crippen MR) is 81.8 cm³/mol. The average Bonchev–Trinajstić information content (AvgIpc) is 3.35. The van der Waals surface area contributed by atoms with Crippen LogP contribution in [0.1, 0.15) is 23.2 Å². The molecule has 3 rings (SSSR count). The highest BCUT2D eigenvalue weighted by Crippen LogP contribution is 2.44. The van der Waals surface area contributed by atoms with Crippen LogP contribution in [0.2, 0.25) is 0 Å². The highest BCUT2D eigenvalue weighted by Gasteiger charge is 2.42. The zero-order valence-corrected chi connectivity index (χ0v) is 12.2. The Bertz CT molecular complexity index is 654. The van der Waals surface area contributed by atoms with Gasteiger partial charge in [-0.2, -0.15) is 0 Å². The van der Waals surface area contributed by atoms with Crippen LogP contribution in [0, 0.1) is 5.41 Å². The number of aromatic nitrogens is 1. The van der Waals surface area contributed by atoms with Gasteiger partial charge in [0.05, 0.1) is 18.4 Å². The van der Waals surface area contributed by atoms with E-state index in [0.717, 1.165) is 12.8 Å². The summed E-state index contributed by atoms with van der Waals surface area (Å²) in [5.74, 6) is 0.873. The number of ether oxygens (including phenoxy) is 1. The summed E-state index contributed by atoms with van der Waals surface area (Å²) in [4.78, 5) is 16.3. The third-order valence-electron chi connectivity index (χ3n) is 3.91. The highest BCUT2D eigenvalue weighted by atomic mass is 16.5. The molecular formula is C17H18N2O3. The van der Waals surface area contributed by atoms with Gasteiger partial charge >= 0.3 is 0 Å². The molecule has 0 saturated heterocycles. The number of hydrogen-bond acceptors (Lipinski definition) is 4. The summed E-state index contributed by atoms with van der Waals surface area (Å²) in [5.41, 5.74) is 0.356. The molecule has 1 amide bonds. The third kappa shape index (κ3) is 3.26. The molecule has 0 atom stereocenters. The predicted octanol–water partition coefficient (Wildman–Crippen LogP) is 2.38. The van der Waals surface area contributed by atoms with E-state index in [1.54, 1.807) is 42.7 Å². The smallest absolute Gasteiger partial charge is 0.255 e. The van der Waals surface area contributed by atoms with E-state index in [1.807, 2.05) is 6.07 Å². The molecule has 1 heterocycles. The summed E-state index contributed by atoms with van der Waals surface area (Å²) in [5, 5.41) is 12.2. The molecule has 1 aromatic heterocycles. The normalized spacial score (nSPS) is 15.1. The molecule has 1 saturated carbocycles. The minimum atomic E-state index is -0.195. The first-order valence-corrected chi connectivity index (χ1v) is 7.28. The SMILES string of the molecule is O=C(NCC1(CO)CC1)c1ccccc1Oc1cccnc1. The van der Waals surface area contributed by atoms with Gasteiger partial charge in [0.2, 0.25) is 0 Å². The number of aliphatic hydroxyl groups is 1. The molecule has 1 aliphatic rings. The van der Waals surface area contributed by atoms with Crippen molar-refractivity contribution in [3.05, 3.63) is 54.4 Å². The topological polar surface area (TPSA) is 71.5 Å². The number of nitrogens with zero attached hydrogens (tertiary/aromatic N) is 1. The van der Waals surface area contributed by atoms with Crippen molar-refractivity contribution >= 4 is 5.91 Å². The Kier molecular flexibility index (Phi) is 4.06. The van der Waals surface area contributed by atoms with Crippen LogP contribution in [0.15, 0.2) is 48.8 Å². The largest absolute Gasteiger partial charge is 0.455 e. The third-order valence-corrected chi connectivity index (χ3v) is 3.91. The number of para-hydroxylation sites is 1. The van der Waals surface area contributed by atoms with Crippen LogP contribution in [-0.2, 0) is 0 Å². The Hall–Kier alpha value is -2.40. The van der Waals surface area contributed by atoms with Gasteiger partial charge in [0.15, 0.2) is 0 Å². The fourth-order valence-corrected chi connectivity index (χ4v) is 2.21. The molecular weight excluding hydrogens is 280 g/mol. The number of benzene rings is 1. The minimum absolute atomic E-state index is 0.112. The van der Waals surface area contributed by atoms with Gasteiger partial charge in [0.25, 0.3) is 5.91 Å². The van der Waals surface area contributed by atoms with Crippen molar-refractivity contribution in [2.24, 2.45) is 5.41 Å². The standard InChI is InChI=1S/C17H18N2O3/c20-12-17(7-8-17)11-19-16(21)14-5-1-2-6-15(14)22-13-4-3-9-18-10-13/h1-6,9-10,20H,7-8,11-12H2,(H,19,21). The van der Waals surface area contributed by atoms with E-state index in [4.69, 9.17) is 4.74 Å². The summed E-state index contributed by atoms with van der Waals surface area (Å²) < 4.78 is 5.73. The van der Waals surface area contributed by atoms with Gasteiger partial charge < -0.3 is 15.2 Å². The average molecular weight is 298 g/mol. The molecule has 0 bridgehead atoms. The zero-order chi connectivity index (χ0) is 15.4. The van der Waals surface area contributed by atoms with Crippen LogP contribution in [0.4, 0.5) is 0 Å². The van der Waals surface area contributed by atoms with Crippen molar-refractivity contribution in [2.75, 3.05) is 13.2 Å². The lowest BCUT2D eigenvalue weighted by Crippen LogP contribution is -2.32. The van der Waals surface area contributed by atoms with Crippen LogP contribution in [0.25, 0.3) is 0 Å². The van der Waals surface area contributed by atoms with Gasteiger partial charge in [-0.05, 0) is 37.1 Å². The number of amides is 1. The number of carbonyl (C=O) groups excluding carboxylic acids is 1. The molecule has 5 nitrogen and oxygen atoms in total. The molecule has 0 unspecified atom stereocenters. The number of carbonyl (C=O) groups is 1. The van der Waals surface area contributed by atoms with Crippen molar-refractivity contribution in [1.29, 1.82) is 0 Å². The van der Waals surface area contributed by atoms with Crippen LogP contribution < -0.4 is 10.1 Å². The summed E-state index contributed by atoms with van der Waals surface area (Å²) in [6.45, 7) is 0.602. The Morgan fingerprint density at radius 1 is 1.27 bits per heavy atom. The van der Waals surface area contributed by atoms with Crippen molar-refractivity contribution in [3.63, 3.8) is 0 Å². The first-order chi connectivity index (χ1) is 10.7. The molecule has 22 heavy (non-hydrogen) atoms. The van der Waals surface area contributed by atoms with E-state index in [1.165, 1.54) is 0 Å². The van der Waals surface area contributed by atoms with Crippen LogP contribution in [-0.4, -0.2) is 29.1 Å². The maximum absolute atomic E-state index is 12.4. The maximum Gasteiger partial charge on any atom is 0.255 e. The number of rotatable bonds is 6. The zero-order valence-electron chi connectivity index (χ0n) is 12.2. The second kappa shape index (κ2) is 6.15. The fourth-order valence-electron chi connectivity index (χ4n) is 2.21. The summed E-state index contributed by atoms with van der Waals surface area (Å²) in [6.07, 6.45) is 5.17. The second-order valence-corrected chi connectivity index (χ2v) is 5.63. The lowest BCUT2D eigenvalue weighted by atomic mass is 10.1. The fraction of sp³-hybridized carbons (Fsp3) is 0.294. The van der Waals surface area contributed by atoms with E-state index in [0.29, 0.717) is 23.6 Å². The van der Waals surface area contributed by atoms with Gasteiger partial charge in [-0.3, -0.25) is 9.78 Å². The van der Waals surface area contributed by atoms with E-state index in [-0.39, 0.29) is 17.9 Å². The van der Waals surface area contributed by atoms with Crippen molar-refractivity contribution < 1.29 is 14.6 Å². The molecule has 2 N–H and O–H groups in total. The summed E-state index contributed by atoms with van der Waals surface area (Å²) >= 11 is 0. The van der Waals surface area contributed by atoms with E-state index in [2.05, 4.69) is 10.3 Å². The van der Waals surface area contributed by atoms with Gasteiger partial charge in [-0.15, -0.1) is 0 Å². The molecule has 2 aromatic rings. The summed E-state index contributed by atoms with van der Waals surface area (Å²) in [7, 11) is 0. The number of pyridine rings is 1. The number of nitrogens with one attached hydrogen (secondary N) is 1. The molecule has 0 radical (unpaired) electrons. The van der Waals surface area contributed by atoms with Gasteiger partial charge in [0, 0.05) is 18.2 Å². The van der Waals surface area contributed by atoms with Crippen LogP contribution in [0.3, 0.4) is 0 Å². The number of hydrogen-bond donors (Lipinski definition) is 2. The Morgan fingerprint density at radius 3 is 2.77 bits per heavy atom. The molecule has 1 aliphatic carbocycles. The van der Waals surface area contributed by atoms with E-state index >= 15 is 0 Å². The van der Waals surface area contributed by atoms with Gasteiger partial charge in [0.1, 0.15) is 11.5 Å². The lowest BCUT2D eigenvalue weighted by Gasteiger charge is -2.14. The van der Waals surface area contributed by atoms with Gasteiger partial charge in [-0.1, -0.05) is 12.1 Å². The lowest BCUT2D eigenvalue weighted by molar-refractivity contribution is 0.0933. The van der Waals surface area contributed by atoms with Crippen molar-refractivity contribution in [3.8, 4) is 11.5 Å². The molecule has 1 aromatic carbocycles. The minimum Gasteiger partial charge on any atom is -0.455 e. The molecule has 0 spiro atoms. The molecule has 0 aliphatic heterocycles. The van der Waals surface area contributed by atoms with Gasteiger partial charge in [-0.25, -0.2) is 0 Å². The van der Waals surface area contributed by atoms with Crippen LogP contribution >= 0.6 is 0 Å². The molecule has 1 fully saturated rings. The van der Waals surface area contributed by atoms with Crippen molar-refractivity contribution in [2.45, 2.75) is 12.8 Å². The molecule has 5 heteroatoms. The molecule has 114 valence electrons. The summed E-state index contributed by atoms with van der Waals surface area (Å²) in [6, 6.07) is 10.6. The maximum atomic E-state index is 12.4. The number of aliphatic hydroxyl groups excluding tert-OH is 1. The Labute approximate surface area is 129 Å². The van der Waals surface area contributed by atoms with Crippen molar-refractivity contribution in [1.82, 2.24) is 10.3 Å².